The van der Waals surface area contributed by atoms with Crippen molar-refractivity contribution in [3.05, 3.63) is 84.4 Å². The average molecular weight is 321 g/mol. The first-order valence-corrected chi connectivity index (χ1v) is 9.16. The number of benzene rings is 3. The van der Waals surface area contributed by atoms with Gasteiger partial charge in [-0.05, 0) is 17.7 Å². The molecule has 23 heavy (non-hydrogen) atoms. The van der Waals surface area contributed by atoms with E-state index in [0.29, 0.717) is 12.3 Å². The van der Waals surface area contributed by atoms with Crippen LogP contribution in [0.1, 0.15) is 5.56 Å². The second-order valence-electron chi connectivity index (χ2n) is 5.48. The van der Waals surface area contributed by atoms with Crippen LogP contribution >= 0.6 is 7.52 Å². The van der Waals surface area contributed by atoms with Gasteiger partial charge in [0.1, 0.15) is 5.75 Å². The van der Waals surface area contributed by atoms with Crippen LogP contribution in [0.4, 0.5) is 0 Å². The molecule has 0 aliphatic carbocycles. The maximum absolute atomic E-state index is 13.5. The first-order valence-electron chi connectivity index (χ1n) is 7.54. The second kappa shape index (κ2) is 5.69. The van der Waals surface area contributed by atoms with E-state index < -0.39 is 7.52 Å². The van der Waals surface area contributed by atoms with Crippen LogP contribution < -0.4 is 14.9 Å². The summed E-state index contributed by atoms with van der Waals surface area (Å²) in [5.74, 6) is 0.662. The molecular formula is C19H16NO2P. The van der Waals surface area contributed by atoms with Gasteiger partial charge in [-0.25, -0.2) is 5.09 Å². The van der Waals surface area contributed by atoms with E-state index in [4.69, 9.17) is 4.52 Å². The van der Waals surface area contributed by atoms with Crippen LogP contribution in [0.15, 0.2) is 78.9 Å². The Labute approximate surface area is 135 Å². The molecule has 0 saturated heterocycles. The van der Waals surface area contributed by atoms with Gasteiger partial charge in [-0.3, -0.25) is 4.57 Å². The molecule has 1 heterocycles. The van der Waals surface area contributed by atoms with Gasteiger partial charge < -0.3 is 4.52 Å². The molecule has 4 rings (SSSR count). The fourth-order valence-corrected chi connectivity index (χ4v) is 4.78. The third-order valence-corrected chi connectivity index (χ3v) is 6.01. The fraction of sp³-hybridized carbons (Fsp3) is 0.0526. The molecule has 3 aromatic carbocycles. The van der Waals surface area contributed by atoms with E-state index in [9.17, 15) is 4.57 Å². The lowest BCUT2D eigenvalue weighted by Crippen LogP contribution is -2.27. The Morgan fingerprint density at radius 1 is 0.783 bits per heavy atom. The van der Waals surface area contributed by atoms with Crippen LogP contribution in [0.3, 0.4) is 0 Å². The van der Waals surface area contributed by atoms with Crippen molar-refractivity contribution in [2.75, 3.05) is 0 Å². The lowest BCUT2D eigenvalue weighted by atomic mass is 10.0. The number of hydrogen-bond donors (Lipinski definition) is 1. The molecule has 3 aromatic rings. The molecule has 0 spiro atoms. The molecule has 1 unspecified atom stereocenters. The van der Waals surface area contributed by atoms with Crippen molar-refractivity contribution in [1.82, 2.24) is 5.09 Å². The lowest BCUT2D eigenvalue weighted by molar-refractivity contribution is 0.477. The van der Waals surface area contributed by atoms with Crippen molar-refractivity contribution >= 4 is 12.8 Å². The van der Waals surface area contributed by atoms with Crippen LogP contribution in [0.5, 0.6) is 5.75 Å². The maximum atomic E-state index is 13.5. The standard InChI is InChI=1S/C19H16NO2P/c21-23(20-14-15-8-2-1-3-9-15)19-13-7-5-11-17(19)16-10-4-6-12-18(16)22-23/h1-13H,14H2,(H,20,21). The summed E-state index contributed by atoms with van der Waals surface area (Å²) >= 11 is 0. The van der Waals surface area contributed by atoms with Crippen LogP contribution in [-0.2, 0) is 11.1 Å². The Hall–Kier alpha value is -2.35. The third-order valence-electron chi connectivity index (χ3n) is 3.96. The molecular weight excluding hydrogens is 305 g/mol. The predicted octanol–water partition coefficient (Wildman–Crippen LogP) is 4.35. The van der Waals surface area contributed by atoms with E-state index in [0.717, 1.165) is 22.0 Å². The van der Waals surface area contributed by atoms with Gasteiger partial charge >= 0.3 is 7.52 Å². The zero-order chi connectivity index (χ0) is 15.7. The Kier molecular flexibility index (Phi) is 3.53. The Bertz CT molecular complexity index is 893. The van der Waals surface area contributed by atoms with E-state index >= 15 is 0 Å². The van der Waals surface area contributed by atoms with Gasteiger partial charge in [0.15, 0.2) is 0 Å². The van der Waals surface area contributed by atoms with Crippen LogP contribution in [0.25, 0.3) is 11.1 Å². The zero-order valence-corrected chi connectivity index (χ0v) is 13.4. The number of hydrogen-bond acceptors (Lipinski definition) is 2. The number of rotatable bonds is 3. The van der Waals surface area contributed by atoms with E-state index in [-0.39, 0.29) is 0 Å². The highest BCUT2D eigenvalue weighted by atomic mass is 31.2. The predicted molar refractivity (Wildman–Crippen MR) is 93.0 cm³/mol. The summed E-state index contributed by atoms with van der Waals surface area (Å²) in [4.78, 5) is 0. The van der Waals surface area contributed by atoms with Crippen molar-refractivity contribution in [2.45, 2.75) is 6.54 Å². The number of fused-ring (bicyclic) bond motifs is 3. The quantitative estimate of drug-likeness (QED) is 0.729. The molecule has 1 aliphatic rings. The topological polar surface area (TPSA) is 38.3 Å². The highest BCUT2D eigenvalue weighted by Crippen LogP contribution is 2.51. The minimum absolute atomic E-state index is 0.495. The summed E-state index contributed by atoms with van der Waals surface area (Å²) in [6.45, 7) is 0.495. The van der Waals surface area contributed by atoms with Gasteiger partial charge in [-0.2, -0.15) is 0 Å². The minimum atomic E-state index is -3.15. The Morgan fingerprint density at radius 2 is 1.43 bits per heavy atom. The maximum Gasteiger partial charge on any atom is 0.347 e. The molecule has 0 fully saturated rings. The molecule has 1 atom stereocenters. The highest BCUT2D eigenvalue weighted by molar-refractivity contribution is 7.65. The Balaban J connectivity index is 1.74. The van der Waals surface area contributed by atoms with Gasteiger partial charge in [0.2, 0.25) is 0 Å². The van der Waals surface area contributed by atoms with Crippen molar-refractivity contribution < 1.29 is 9.09 Å². The molecule has 0 saturated carbocycles. The van der Waals surface area contributed by atoms with Crippen LogP contribution in [0.2, 0.25) is 0 Å². The van der Waals surface area contributed by atoms with Gasteiger partial charge in [-0.1, -0.05) is 66.7 Å². The molecule has 0 bridgehead atoms. The van der Waals surface area contributed by atoms with Crippen molar-refractivity contribution in [3.63, 3.8) is 0 Å². The summed E-state index contributed by atoms with van der Waals surface area (Å²) in [5.41, 5.74) is 3.02. The smallest absolute Gasteiger partial charge is 0.347 e. The second-order valence-corrected chi connectivity index (χ2v) is 7.56. The molecule has 0 aromatic heterocycles. The van der Waals surface area contributed by atoms with Gasteiger partial charge in [0.05, 0.1) is 5.30 Å². The lowest BCUT2D eigenvalue weighted by Gasteiger charge is -2.28. The molecule has 1 aliphatic heterocycles. The fourth-order valence-electron chi connectivity index (χ4n) is 2.82. The summed E-state index contributed by atoms with van der Waals surface area (Å²) in [6.07, 6.45) is 0. The number of para-hydroxylation sites is 1. The molecule has 0 radical (unpaired) electrons. The number of nitrogens with one attached hydrogen (secondary N) is 1. The normalized spacial score (nSPS) is 18.6. The van der Waals surface area contributed by atoms with E-state index in [2.05, 4.69) is 5.09 Å². The van der Waals surface area contributed by atoms with Gasteiger partial charge in [0.25, 0.3) is 0 Å². The monoisotopic (exact) mass is 321 g/mol. The van der Waals surface area contributed by atoms with Crippen LogP contribution in [0, 0.1) is 0 Å². The summed E-state index contributed by atoms with van der Waals surface area (Å²) in [6, 6.07) is 25.4. The summed E-state index contributed by atoms with van der Waals surface area (Å²) < 4.78 is 19.4. The molecule has 114 valence electrons. The van der Waals surface area contributed by atoms with E-state index in [1.165, 1.54) is 0 Å². The highest BCUT2D eigenvalue weighted by Gasteiger charge is 2.35. The molecule has 0 amide bonds. The zero-order valence-electron chi connectivity index (χ0n) is 12.5. The first-order chi connectivity index (χ1) is 11.3. The van der Waals surface area contributed by atoms with E-state index in [1.54, 1.807) is 0 Å². The van der Waals surface area contributed by atoms with Crippen molar-refractivity contribution in [2.24, 2.45) is 0 Å². The average Bonchev–Trinajstić information content (AvgIpc) is 2.61. The van der Waals surface area contributed by atoms with Crippen molar-refractivity contribution in [3.8, 4) is 16.9 Å². The van der Waals surface area contributed by atoms with Gasteiger partial charge in [0, 0.05) is 17.7 Å². The third kappa shape index (κ3) is 2.59. The van der Waals surface area contributed by atoms with Crippen molar-refractivity contribution in [1.29, 1.82) is 0 Å². The largest absolute Gasteiger partial charge is 0.429 e. The first kappa shape index (κ1) is 14.3. The molecule has 4 heteroatoms. The Morgan fingerprint density at radius 3 is 2.26 bits per heavy atom. The van der Waals surface area contributed by atoms with Gasteiger partial charge in [-0.15, -0.1) is 0 Å². The van der Waals surface area contributed by atoms with Crippen LogP contribution in [-0.4, -0.2) is 0 Å². The molecule has 1 N–H and O–H groups in total. The SMILES string of the molecule is O=P1(NCc2ccccc2)Oc2ccccc2-c2ccccc21. The molecule has 3 nitrogen and oxygen atoms in total. The van der Waals surface area contributed by atoms with E-state index in [1.807, 2.05) is 78.9 Å². The minimum Gasteiger partial charge on any atom is -0.429 e. The summed E-state index contributed by atoms with van der Waals surface area (Å²) in [5, 5.41) is 3.88. The summed E-state index contributed by atoms with van der Waals surface area (Å²) in [7, 11) is -3.15.